The molecule has 0 unspecified atom stereocenters. The van der Waals surface area contributed by atoms with E-state index in [-0.39, 0.29) is 5.91 Å². The van der Waals surface area contributed by atoms with Gasteiger partial charge in [-0.05, 0) is 38.3 Å². The summed E-state index contributed by atoms with van der Waals surface area (Å²) in [5, 5.41) is 2.99. The fourth-order valence-electron chi connectivity index (χ4n) is 1.93. The normalized spacial score (nSPS) is 10.8. The number of carbonyl (C=O) groups excluding carboxylic acids is 1. The molecule has 96 valence electrons. The van der Waals surface area contributed by atoms with E-state index in [1.54, 1.807) is 0 Å². The molecule has 0 fully saturated rings. The average Bonchev–Trinajstić information content (AvgIpc) is 2.38. The van der Waals surface area contributed by atoms with E-state index in [2.05, 4.69) is 11.2 Å². The first kappa shape index (κ1) is 14.3. The Bertz CT molecular complexity index is 478. The second-order valence-corrected chi connectivity index (χ2v) is 4.71. The smallest absolute Gasteiger partial charge is 0.252 e. The van der Waals surface area contributed by atoms with E-state index >= 15 is 0 Å². The van der Waals surface area contributed by atoms with Crippen LogP contribution in [-0.4, -0.2) is 11.4 Å². The molecule has 0 aliphatic carbocycles. The monoisotopic (exact) mass is 243 g/mol. The summed E-state index contributed by atoms with van der Waals surface area (Å²) in [7, 11) is 0. The van der Waals surface area contributed by atoms with Crippen molar-refractivity contribution in [3.05, 3.63) is 34.9 Å². The highest BCUT2D eigenvalue weighted by Gasteiger charge is 2.26. The molecular formula is C16H21NO. The van der Waals surface area contributed by atoms with E-state index in [1.165, 1.54) is 0 Å². The molecule has 0 aliphatic rings. The van der Waals surface area contributed by atoms with Gasteiger partial charge in [-0.25, -0.2) is 0 Å². The predicted molar refractivity (Wildman–Crippen MR) is 75.5 cm³/mol. The fourth-order valence-corrected chi connectivity index (χ4v) is 1.93. The van der Waals surface area contributed by atoms with Crippen LogP contribution in [0.1, 0.15) is 48.2 Å². The van der Waals surface area contributed by atoms with Crippen molar-refractivity contribution in [3.63, 3.8) is 0 Å². The van der Waals surface area contributed by atoms with Crippen LogP contribution in [0, 0.1) is 26.2 Å². The zero-order valence-electron chi connectivity index (χ0n) is 11.6. The van der Waals surface area contributed by atoms with E-state index < -0.39 is 5.54 Å². The fraction of sp³-hybridized carbons (Fsp3) is 0.438. The van der Waals surface area contributed by atoms with Crippen LogP contribution in [0.25, 0.3) is 0 Å². The van der Waals surface area contributed by atoms with Gasteiger partial charge in [0, 0.05) is 5.56 Å². The first-order chi connectivity index (χ1) is 8.48. The maximum atomic E-state index is 12.3. The van der Waals surface area contributed by atoms with E-state index in [0.717, 1.165) is 24.0 Å². The van der Waals surface area contributed by atoms with Gasteiger partial charge in [-0.15, -0.1) is 6.42 Å². The summed E-state index contributed by atoms with van der Waals surface area (Å²) in [5.41, 5.74) is 2.21. The lowest BCUT2D eigenvalue weighted by atomic mass is 9.93. The Morgan fingerprint density at radius 1 is 1.33 bits per heavy atom. The van der Waals surface area contributed by atoms with Gasteiger partial charge in [-0.1, -0.05) is 37.5 Å². The van der Waals surface area contributed by atoms with Crippen molar-refractivity contribution >= 4 is 5.91 Å². The quantitative estimate of drug-likeness (QED) is 0.808. The van der Waals surface area contributed by atoms with Crippen molar-refractivity contribution in [2.45, 2.75) is 46.1 Å². The van der Waals surface area contributed by atoms with Crippen molar-refractivity contribution in [1.82, 2.24) is 5.32 Å². The van der Waals surface area contributed by atoms with Crippen LogP contribution >= 0.6 is 0 Å². The molecule has 2 nitrogen and oxygen atoms in total. The van der Waals surface area contributed by atoms with Gasteiger partial charge in [0.2, 0.25) is 0 Å². The summed E-state index contributed by atoms with van der Waals surface area (Å²) < 4.78 is 0. The van der Waals surface area contributed by atoms with Crippen LogP contribution in [0.3, 0.4) is 0 Å². The molecule has 1 aromatic carbocycles. The van der Waals surface area contributed by atoms with Crippen LogP contribution in [-0.2, 0) is 0 Å². The highest BCUT2D eigenvalue weighted by molar-refractivity contribution is 5.96. The van der Waals surface area contributed by atoms with Gasteiger partial charge >= 0.3 is 0 Å². The molecule has 0 saturated carbocycles. The Morgan fingerprint density at radius 3 is 2.44 bits per heavy atom. The second-order valence-electron chi connectivity index (χ2n) is 4.71. The van der Waals surface area contributed by atoms with E-state index in [0.29, 0.717) is 5.56 Å². The molecule has 18 heavy (non-hydrogen) atoms. The summed E-state index contributed by atoms with van der Waals surface area (Å²) >= 11 is 0. The highest BCUT2D eigenvalue weighted by Crippen LogP contribution is 2.17. The van der Waals surface area contributed by atoms with Crippen LogP contribution in [0.2, 0.25) is 0 Å². The minimum absolute atomic E-state index is 0.0853. The Morgan fingerprint density at radius 2 is 1.94 bits per heavy atom. The molecule has 1 rings (SSSR count). The van der Waals surface area contributed by atoms with Gasteiger partial charge in [0.15, 0.2) is 0 Å². The molecule has 0 spiro atoms. The lowest BCUT2D eigenvalue weighted by Gasteiger charge is -2.27. The van der Waals surface area contributed by atoms with Crippen molar-refractivity contribution in [2.75, 3.05) is 0 Å². The zero-order valence-corrected chi connectivity index (χ0v) is 11.6. The zero-order chi connectivity index (χ0) is 13.8. The molecule has 1 N–H and O–H groups in total. The first-order valence-corrected chi connectivity index (χ1v) is 6.35. The van der Waals surface area contributed by atoms with Crippen molar-refractivity contribution in [2.24, 2.45) is 0 Å². The first-order valence-electron chi connectivity index (χ1n) is 6.35. The highest BCUT2D eigenvalue weighted by atomic mass is 16.1. The molecular weight excluding hydrogens is 222 g/mol. The number of rotatable bonds is 4. The number of carbonyl (C=O) groups is 1. The minimum atomic E-state index is -0.534. The summed E-state index contributed by atoms with van der Waals surface area (Å²) in [4.78, 5) is 12.3. The third-order valence-corrected chi connectivity index (χ3v) is 3.47. The molecule has 1 amide bonds. The molecule has 0 bridgehead atoms. The summed E-state index contributed by atoms with van der Waals surface area (Å²) in [6.45, 7) is 7.90. The topological polar surface area (TPSA) is 29.1 Å². The number of benzene rings is 1. The minimum Gasteiger partial charge on any atom is -0.336 e. The molecule has 2 heteroatoms. The molecule has 0 aromatic heterocycles. The van der Waals surface area contributed by atoms with E-state index in [4.69, 9.17) is 6.42 Å². The number of nitrogens with one attached hydrogen (secondary N) is 1. The standard InChI is InChI=1S/C16H21NO/c1-6-16(7-2,8-3)17-15(18)14-11-12(4)9-10-13(14)5/h1,9-11H,7-8H2,2-5H3,(H,17,18). The van der Waals surface area contributed by atoms with Crippen LogP contribution in [0.4, 0.5) is 0 Å². The van der Waals surface area contributed by atoms with E-state index in [1.807, 2.05) is 45.9 Å². The molecule has 1 aromatic rings. The maximum Gasteiger partial charge on any atom is 0.252 e. The summed E-state index contributed by atoms with van der Waals surface area (Å²) in [5.74, 6) is 2.63. The molecule has 0 atom stereocenters. The number of hydrogen-bond donors (Lipinski definition) is 1. The predicted octanol–water partition coefficient (Wildman–Crippen LogP) is 3.23. The summed E-state index contributed by atoms with van der Waals surface area (Å²) in [6.07, 6.45) is 7.02. The van der Waals surface area contributed by atoms with Crippen LogP contribution in [0.15, 0.2) is 18.2 Å². The van der Waals surface area contributed by atoms with Gasteiger partial charge in [0.25, 0.3) is 5.91 Å². The number of hydrogen-bond acceptors (Lipinski definition) is 1. The number of aryl methyl sites for hydroxylation is 2. The van der Waals surface area contributed by atoms with Crippen molar-refractivity contribution in [3.8, 4) is 12.3 Å². The lowest BCUT2D eigenvalue weighted by molar-refractivity contribution is 0.0915. The second kappa shape index (κ2) is 5.73. The number of amides is 1. The van der Waals surface area contributed by atoms with Gasteiger partial charge in [0.1, 0.15) is 5.54 Å². The SMILES string of the molecule is C#CC(CC)(CC)NC(=O)c1cc(C)ccc1C. The van der Waals surface area contributed by atoms with E-state index in [9.17, 15) is 4.79 Å². The van der Waals surface area contributed by atoms with Crippen molar-refractivity contribution < 1.29 is 4.79 Å². The average molecular weight is 243 g/mol. The maximum absolute atomic E-state index is 12.3. The van der Waals surface area contributed by atoms with Gasteiger partial charge < -0.3 is 5.32 Å². The van der Waals surface area contributed by atoms with Crippen molar-refractivity contribution in [1.29, 1.82) is 0 Å². The van der Waals surface area contributed by atoms with Gasteiger partial charge in [0.05, 0.1) is 0 Å². The molecule has 0 heterocycles. The van der Waals surface area contributed by atoms with Gasteiger partial charge in [-0.2, -0.15) is 0 Å². The van der Waals surface area contributed by atoms with Crippen LogP contribution in [0.5, 0.6) is 0 Å². The Balaban J connectivity index is 3.02. The van der Waals surface area contributed by atoms with Gasteiger partial charge in [-0.3, -0.25) is 4.79 Å². The lowest BCUT2D eigenvalue weighted by Crippen LogP contribution is -2.46. The third kappa shape index (κ3) is 2.92. The third-order valence-electron chi connectivity index (χ3n) is 3.47. The Labute approximate surface area is 110 Å². The summed E-state index contributed by atoms with van der Waals surface area (Å²) in [6, 6.07) is 5.86. The molecule has 0 aliphatic heterocycles. The van der Waals surface area contributed by atoms with Crippen LogP contribution < -0.4 is 5.32 Å². The number of terminal acetylenes is 1. The molecule has 0 radical (unpaired) electrons. The Hall–Kier alpha value is -1.75. The molecule has 0 saturated heterocycles. The Kier molecular flexibility index (Phi) is 4.55. The largest absolute Gasteiger partial charge is 0.336 e.